The summed E-state index contributed by atoms with van der Waals surface area (Å²) in [6.45, 7) is 0. The Bertz CT molecular complexity index is 2040. The number of anilines is 2. The van der Waals surface area contributed by atoms with E-state index in [1.807, 2.05) is 18.2 Å². The average molecular weight is 709 g/mol. The Morgan fingerprint density at radius 1 is 0.745 bits per heavy atom. The van der Waals surface area contributed by atoms with Crippen molar-refractivity contribution >= 4 is 29.0 Å². The number of benzene rings is 2. The van der Waals surface area contributed by atoms with Crippen LogP contribution in [-0.2, 0) is 28.4 Å². The lowest BCUT2D eigenvalue weighted by Crippen LogP contribution is -2.37. The van der Waals surface area contributed by atoms with Gasteiger partial charge in [-0.2, -0.15) is 10.2 Å². The van der Waals surface area contributed by atoms with Crippen molar-refractivity contribution in [3.63, 3.8) is 0 Å². The van der Waals surface area contributed by atoms with Crippen LogP contribution in [0.25, 0.3) is 0 Å². The van der Waals surface area contributed by atoms with E-state index in [0.717, 1.165) is 47.9 Å². The molecule has 0 spiro atoms. The summed E-state index contributed by atoms with van der Waals surface area (Å²) in [5, 5.41) is 12.8. The number of carbonyl (C=O) groups is 3. The molecule has 2 aromatic heterocycles. The average Bonchev–Trinajstić information content (AvgIpc) is 3.95. The Labute approximate surface area is 290 Å². The molecule has 2 N–H and O–H groups in total. The number of ether oxygens (including phenoxy) is 2. The molecule has 15 heteroatoms. The quantitative estimate of drug-likeness (QED) is 0.154. The number of aromatic nitrogens is 4. The van der Waals surface area contributed by atoms with Crippen LogP contribution in [0.2, 0.25) is 0 Å². The summed E-state index contributed by atoms with van der Waals surface area (Å²) in [6.07, 6.45) is 0.365. The molecule has 11 nitrogen and oxygen atoms in total. The van der Waals surface area contributed by atoms with Gasteiger partial charge in [0.25, 0.3) is 24.7 Å². The summed E-state index contributed by atoms with van der Waals surface area (Å²) in [7, 11) is 6.25. The van der Waals surface area contributed by atoms with E-state index in [0.29, 0.717) is 11.4 Å². The first kappa shape index (κ1) is 34.6. The number of alkyl halides is 4. The second-order valence-corrected chi connectivity index (χ2v) is 13.2. The summed E-state index contributed by atoms with van der Waals surface area (Å²) in [5.41, 5.74) is 3.63. The SMILES string of the molecule is COC1(OC)C2CCC1c1c(NC(=O)c3cn(C)nc3C(F)F)cccc12.Cn1cc(C(=O)Nc2cccc3c2C2CCC3C2=O)c(C(F)F)n1. The van der Waals surface area contributed by atoms with E-state index in [1.165, 1.54) is 35.9 Å². The van der Waals surface area contributed by atoms with Crippen LogP contribution in [0.4, 0.5) is 28.9 Å². The van der Waals surface area contributed by atoms with Crippen LogP contribution in [0.15, 0.2) is 48.8 Å². The van der Waals surface area contributed by atoms with E-state index in [-0.39, 0.29) is 40.6 Å². The molecule has 268 valence electrons. The highest BCUT2D eigenvalue weighted by atomic mass is 19.3. The molecule has 2 fully saturated rings. The summed E-state index contributed by atoms with van der Waals surface area (Å²) >= 11 is 0. The second kappa shape index (κ2) is 13.0. The molecule has 8 rings (SSSR count). The highest BCUT2D eigenvalue weighted by Crippen LogP contribution is 2.63. The first-order valence-electron chi connectivity index (χ1n) is 16.6. The standard InChI is InChI=1S/C19H21F2N3O3.C17H15F2N3O2/c1-24-9-11(16(23-24)17(20)21)18(25)22-14-6-4-5-10-12-7-8-13(15(10)14)19(12,26-2)27-3;1-22-7-11(14(21-22)16(18)19)17(24)20-12-4-2-3-8-9-5-6-10(13(8)12)15(9)23/h4-6,9,12-13,17H,7-8H2,1-3H3,(H,22,25);2-4,7,9-10,16H,5-6H2,1H3,(H,20,24). The van der Waals surface area contributed by atoms with Crippen molar-refractivity contribution in [2.45, 2.75) is 68.0 Å². The maximum absolute atomic E-state index is 13.2. The van der Waals surface area contributed by atoms with Gasteiger partial charge in [0.05, 0.1) is 11.1 Å². The number of carbonyl (C=O) groups excluding carboxylic acids is 3. The molecule has 4 bridgehead atoms. The maximum atomic E-state index is 13.2. The number of halogens is 4. The van der Waals surface area contributed by atoms with Gasteiger partial charge in [0, 0.05) is 75.8 Å². The molecule has 51 heavy (non-hydrogen) atoms. The molecular formula is C36H36F4N6O5. The van der Waals surface area contributed by atoms with Crippen molar-refractivity contribution in [2.75, 3.05) is 24.9 Å². The van der Waals surface area contributed by atoms with Crippen LogP contribution >= 0.6 is 0 Å². The molecule has 4 aliphatic rings. The van der Waals surface area contributed by atoms with Crippen molar-refractivity contribution in [3.8, 4) is 0 Å². The van der Waals surface area contributed by atoms with Crippen molar-refractivity contribution in [3.05, 3.63) is 93.6 Å². The molecule has 0 aliphatic heterocycles. The number of nitrogens with zero attached hydrogens (tertiary/aromatic N) is 4. The molecule has 4 aromatic rings. The largest absolute Gasteiger partial charge is 0.352 e. The highest BCUT2D eigenvalue weighted by Gasteiger charge is 2.59. The molecule has 2 amide bonds. The Balaban J connectivity index is 0.000000160. The number of rotatable bonds is 8. The van der Waals surface area contributed by atoms with Crippen LogP contribution in [0.3, 0.4) is 0 Å². The first-order valence-corrected chi connectivity index (χ1v) is 16.6. The number of ketones is 1. The molecule has 2 heterocycles. The molecule has 4 aliphatic carbocycles. The number of methoxy groups -OCH3 is 2. The second-order valence-electron chi connectivity index (χ2n) is 13.2. The summed E-state index contributed by atoms with van der Waals surface area (Å²) < 4.78 is 66.4. The number of Topliss-reactive ketones (excluding diaryl/α,β-unsaturated/α-hetero) is 1. The highest BCUT2D eigenvalue weighted by molar-refractivity contribution is 6.08. The van der Waals surface area contributed by atoms with Gasteiger partial charge in [0.1, 0.15) is 17.2 Å². The fourth-order valence-electron chi connectivity index (χ4n) is 8.64. The number of nitrogens with one attached hydrogen (secondary N) is 2. The molecule has 2 aromatic carbocycles. The lowest BCUT2D eigenvalue weighted by atomic mass is 9.90. The zero-order valence-electron chi connectivity index (χ0n) is 28.3. The lowest BCUT2D eigenvalue weighted by Gasteiger charge is -2.31. The fourth-order valence-corrected chi connectivity index (χ4v) is 8.64. The fraction of sp³-hybridized carbons (Fsp3) is 0.417. The van der Waals surface area contributed by atoms with Gasteiger partial charge in [0.15, 0.2) is 5.79 Å². The number of aryl methyl sites for hydroxylation is 2. The van der Waals surface area contributed by atoms with Crippen molar-refractivity contribution < 1.29 is 41.4 Å². The van der Waals surface area contributed by atoms with E-state index in [1.54, 1.807) is 32.4 Å². The Morgan fingerprint density at radius 3 is 1.76 bits per heavy atom. The van der Waals surface area contributed by atoms with Crippen LogP contribution in [0.1, 0.15) is 117 Å². The Kier molecular flexibility index (Phi) is 8.82. The minimum absolute atomic E-state index is 0.0209. The normalized spacial score (nSPS) is 21.9. The van der Waals surface area contributed by atoms with E-state index >= 15 is 0 Å². The number of hydrogen-bond acceptors (Lipinski definition) is 7. The molecule has 0 radical (unpaired) electrons. The van der Waals surface area contributed by atoms with Crippen LogP contribution in [0.5, 0.6) is 0 Å². The third-order valence-electron chi connectivity index (χ3n) is 10.6. The van der Waals surface area contributed by atoms with Crippen molar-refractivity contribution in [1.82, 2.24) is 19.6 Å². The third-order valence-corrected chi connectivity index (χ3v) is 10.6. The number of hydrogen-bond donors (Lipinski definition) is 2. The zero-order valence-corrected chi connectivity index (χ0v) is 28.3. The van der Waals surface area contributed by atoms with Gasteiger partial charge in [-0.25, -0.2) is 17.6 Å². The Hall–Kier alpha value is -4.89. The van der Waals surface area contributed by atoms with Crippen molar-refractivity contribution in [1.29, 1.82) is 0 Å². The molecule has 4 unspecified atom stereocenters. The lowest BCUT2D eigenvalue weighted by molar-refractivity contribution is -0.214. The summed E-state index contributed by atoms with van der Waals surface area (Å²) in [6, 6.07) is 11.0. The van der Waals surface area contributed by atoms with Gasteiger partial charge < -0.3 is 20.1 Å². The Morgan fingerprint density at radius 2 is 1.24 bits per heavy atom. The monoisotopic (exact) mass is 708 g/mol. The van der Waals surface area contributed by atoms with Gasteiger partial charge in [0.2, 0.25) is 0 Å². The van der Waals surface area contributed by atoms with Gasteiger partial charge in [-0.1, -0.05) is 24.3 Å². The molecular weight excluding hydrogens is 672 g/mol. The molecule has 0 saturated heterocycles. The first-order chi connectivity index (χ1) is 24.4. The minimum Gasteiger partial charge on any atom is -0.352 e. The zero-order chi connectivity index (χ0) is 36.4. The predicted molar refractivity (Wildman–Crippen MR) is 176 cm³/mol. The smallest absolute Gasteiger partial charge is 0.282 e. The van der Waals surface area contributed by atoms with Gasteiger partial charge in [-0.3, -0.25) is 23.7 Å². The van der Waals surface area contributed by atoms with E-state index in [2.05, 4.69) is 20.8 Å². The van der Waals surface area contributed by atoms with E-state index in [4.69, 9.17) is 9.47 Å². The van der Waals surface area contributed by atoms with E-state index in [9.17, 15) is 31.9 Å². The third kappa shape index (κ3) is 5.53. The summed E-state index contributed by atoms with van der Waals surface area (Å²) in [5.74, 6) is -2.00. The van der Waals surface area contributed by atoms with Crippen LogP contribution in [-0.4, -0.2) is 57.2 Å². The van der Waals surface area contributed by atoms with Gasteiger partial charge in [-0.05, 0) is 60.1 Å². The van der Waals surface area contributed by atoms with Gasteiger partial charge in [-0.15, -0.1) is 0 Å². The predicted octanol–water partition coefficient (Wildman–Crippen LogP) is 6.73. The van der Waals surface area contributed by atoms with E-state index < -0.39 is 41.8 Å². The number of fused-ring (bicyclic) bond motifs is 10. The minimum atomic E-state index is -2.83. The van der Waals surface area contributed by atoms with Crippen molar-refractivity contribution in [2.24, 2.45) is 14.1 Å². The maximum Gasteiger partial charge on any atom is 0.282 e. The van der Waals surface area contributed by atoms with Crippen LogP contribution < -0.4 is 10.6 Å². The van der Waals surface area contributed by atoms with Crippen LogP contribution in [0, 0.1) is 0 Å². The topological polar surface area (TPSA) is 129 Å². The number of amides is 2. The summed E-state index contributed by atoms with van der Waals surface area (Å²) in [4.78, 5) is 37.4. The van der Waals surface area contributed by atoms with Gasteiger partial charge >= 0.3 is 0 Å². The molecule has 2 saturated carbocycles. The molecule has 4 atom stereocenters.